The molecule has 0 aliphatic carbocycles. The fourth-order valence-electron chi connectivity index (χ4n) is 4.02. The van der Waals surface area contributed by atoms with E-state index >= 15 is 0 Å². The highest BCUT2D eigenvalue weighted by Gasteiger charge is 2.41. The van der Waals surface area contributed by atoms with Gasteiger partial charge in [-0.25, -0.2) is 0 Å². The van der Waals surface area contributed by atoms with Crippen molar-refractivity contribution in [2.75, 3.05) is 18.0 Å². The average molecular weight is 466 g/mol. The van der Waals surface area contributed by atoms with E-state index in [4.69, 9.17) is 11.6 Å². The normalized spacial score (nSPS) is 20.3. The van der Waals surface area contributed by atoms with Crippen LogP contribution in [0.1, 0.15) is 30.4 Å². The lowest BCUT2D eigenvalue weighted by atomic mass is 10.1. The minimum atomic E-state index is -0.443. The van der Waals surface area contributed by atoms with E-state index in [-0.39, 0.29) is 17.4 Å². The molecule has 2 aliphatic heterocycles. The first kappa shape index (κ1) is 22.4. The number of hydrogen-bond acceptors (Lipinski definition) is 4. The fourth-order valence-corrected chi connectivity index (χ4v) is 5.53. The number of amides is 2. The van der Waals surface area contributed by atoms with Crippen LogP contribution in [0.4, 0.5) is 5.69 Å². The van der Waals surface area contributed by atoms with Crippen molar-refractivity contribution >= 4 is 40.9 Å². The van der Waals surface area contributed by atoms with Gasteiger partial charge in [-0.3, -0.25) is 14.5 Å². The van der Waals surface area contributed by atoms with E-state index < -0.39 is 5.25 Å². The Morgan fingerprint density at radius 3 is 2.53 bits per heavy atom. The van der Waals surface area contributed by atoms with Gasteiger partial charge in [-0.1, -0.05) is 53.7 Å². The molecular weight excluding hydrogens is 442 g/mol. The van der Waals surface area contributed by atoms with E-state index in [1.807, 2.05) is 55.5 Å². The topological polar surface area (TPSA) is 64.4 Å². The molecule has 1 atom stereocenters. The van der Waals surface area contributed by atoms with Crippen LogP contribution in [0.15, 0.2) is 59.1 Å². The van der Waals surface area contributed by atoms with Crippen LogP contribution >= 0.6 is 23.4 Å². The van der Waals surface area contributed by atoms with Crippen LogP contribution in [0, 0.1) is 18.3 Å². The zero-order chi connectivity index (χ0) is 22.7. The van der Waals surface area contributed by atoms with Crippen LogP contribution in [0.3, 0.4) is 0 Å². The van der Waals surface area contributed by atoms with Crippen LogP contribution in [0.25, 0.3) is 0 Å². The minimum Gasteiger partial charge on any atom is -0.338 e. The van der Waals surface area contributed by atoms with Crippen LogP contribution in [0.5, 0.6) is 0 Å². The molecule has 7 heteroatoms. The first-order valence-electron chi connectivity index (χ1n) is 10.7. The molecule has 0 spiro atoms. The highest BCUT2D eigenvalue weighted by Crippen LogP contribution is 2.42. The maximum atomic E-state index is 13.5. The molecular formula is C25H24ClN3O2S. The number of halogens is 1. The van der Waals surface area contributed by atoms with Gasteiger partial charge in [0.1, 0.15) is 16.7 Å². The molecule has 4 rings (SSSR count). The highest BCUT2D eigenvalue weighted by atomic mass is 35.5. The Morgan fingerprint density at radius 2 is 1.88 bits per heavy atom. The number of hydrogen-bond donors (Lipinski definition) is 0. The number of likely N-dealkylation sites (tertiary alicyclic amines) is 1. The molecule has 0 saturated carbocycles. The van der Waals surface area contributed by atoms with E-state index in [0.717, 1.165) is 30.4 Å². The Labute approximate surface area is 197 Å². The summed E-state index contributed by atoms with van der Waals surface area (Å²) in [6.07, 6.45) is 3.43. The predicted octanol–water partition coefficient (Wildman–Crippen LogP) is 5.09. The molecule has 2 aromatic carbocycles. The van der Waals surface area contributed by atoms with Gasteiger partial charge < -0.3 is 4.90 Å². The Kier molecular flexibility index (Phi) is 6.88. The zero-order valence-corrected chi connectivity index (χ0v) is 19.5. The smallest absolute Gasteiger partial charge is 0.267 e. The number of carbonyl (C=O) groups is 2. The standard InChI is InChI=1S/C25H24ClN3O2S/c1-17-10-11-18(14-21(17)26)15-22-24(31)29(19-8-4-2-5-9-19)25(32-22)20(16-27)23(30)28-12-6-3-7-13-28/h2,4-5,8-11,14,22H,3,6-7,12-13,15H2,1H3/b25-20-/t22-/m1/s1. The largest absolute Gasteiger partial charge is 0.338 e. The zero-order valence-electron chi connectivity index (χ0n) is 17.9. The molecule has 2 heterocycles. The second-order valence-corrected chi connectivity index (χ2v) is 9.65. The van der Waals surface area contributed by atoms with Crippen LogP contribution < -0.4 is 4.90 Å². The van der Waals surface area contributed by atoms with E-state index in [2.05, 4.69) is 6.07 Å². The highest BCUT2D eigenvalue weighted by molar-refractivity contribution is 8.05. The molecule has 2 fully saturated rings. The summed E-state index contributed by atoms with van der Waals surface area (Å²) in [6, 6.07) is 17.1. The SMILES string of the molecule is Cc1ccc(C[C@H]2S/C(=C(/C#N)C(=O)N3CCCCC3)N(c3ccccc3)C2=O)cc1Cl. The van der Waals surface area contributed by atoms with E-state index in [9.17, 15) is 14.9 Å². The lowest BCUT2D eigenvalue weighted by Gasteiger charge is -2.27. The Balaban J connectivity index is 1.71. The van der Waals surface area contributed by atoms with Gasteiger partial charge in [-0.05, 0) is 61.9 Å². The summed E-state index contributed by atoms with van der Waals surface area (Å²) in [6.45, 7) is 3.23. The number of nitrogens with zero attached hydrogens (tertiary/aromatic N) is 3. The van der Waals surface area contributed by atoms with E-state index in [0.29, 0.717) is 35.2 Å². The third-order valence-corrected chi connectivity index (χ3v) is 7.48. The molecule has 2 saturated heterocycles. The van der Waals surface area contributed by atoms with Crippen molar-refractivity contribution in [1.82, 2.24) is 4.90 Å². The van der Waals surface area contributed by atoms with Gasteiger partial charge in [0.05, 0.1) is 5.25 Å². The van der Waals surface area contributed by atoms with Crippen molar-refractivity contribution < 1.29 is 9.59 Å². The maximum absolute atomic E-state index is 13.5. The molecule has 2 aromatic rings. The third-order valence-electron chi connectivity index (χ3n) is 5.81. The summed E-state index contributed by atoms with van der Waals surface area (Å²) in [5.41, 5.74) is 2.62. The number of thioether (sulfide) groups is 1. The first-order chi connectivity index (χ1) is 15.5. The van der Waals surface area contributed by atoms with Crippen LogP contribution in [-0.4, -0.2) is 35.1 Å². The van der Waals surface area contributed by atoms with Crippen molar-refractivity contribution in [3.8, 4) is 6.07 Å². The fraction of sp³-hybridized carbons (Fsp3) is 0.320. The summed E-state index contributed by atoms with van der Waals surface area (Å²) in [4.78, 5) is 30.0. The van der Waals surface area contributed by atoms with Gasteiger partial charge >= 0.3 is 0 Å². The summed E-state index contributed by atoms with van der Waals surface area (Å²) >= 11 is 7.58. The van der Waals surface area contributed by atoms with Gasteiger partial charge in [-0.2, -0.15) is 5.26 Å². The predicted molar refractivity (Wildman–Crippen MR) is 128 cm³/mol. The molecule has 0 unspecified atom stereocenters. The lowest BCUT2D eigenvalue weighted by Crippen LogP contribution is -2.37. The first-order valence-corrected chi connectivity index (χ1v) is 12.0. The molecule has 2 amide bonds. The maximum Gasteiger partial charge on any atom is 0.267 e. The van der Waals surface area contributed by atoms with Crippen molar-refractivity contribution in [3.05, 3.63) is 75.3 Å². The van der Waals surface area contributed by atoms with Gasteiger partial charge in [0, 0.05) is 23.8 Å². The van der Waals surface area contributed by atoms with Gasteiger partial charge in [-0.15, -0.1) is 0 Å². The Morgan fingerprint density at radius 1 is 1.16 bits per heavy atom. The van der Waals surface area contributed by atoms with Crippen molar-refractivity contribution in [2.45, 2.75) is 37.9 Å². The number of piperidine rings is 1. The number of aryl methyl sites for hydroxylation is 1. The summed E-state index contributed by atoms with van der Waals surface area (Å²) in [7, 11) is 0. The second-order valence-electron chi connectivity index (χ2n) is 8.05. The van der Waals surface area contributed by atoms with Crippen molar-refractivity contribution in [1.29, 1.82) is 5.26 Å². The third kappa shape index (κ3) is 4.55. The molecule has 164 valence electrons. The molecule has 0 N–H and O–H groups in total. The Bertz CT molecular complexity index is 1100. The number of para-hydroxylation sites is 1. The monoisotopic (exact) mass is 465 g/mol. The van der Waals surface area contributed by atoms with Crippen molar-refractivity contribution in [3.63, 3.8) is 0 Å². The van der Waals surface area contributed by atoms with Crippen LogP contribution in [0.2, 0.25) is 5.02 Å². The molecule has 2 aliphatic rings. The van der Waals surface area contributed by atoms with E-state index in [1.54, 1.807) is 4.90 Å². The van der Waals surface area contributed by atoms with E-state index in [1.165, 1.54) is 16.7 Å². The average Bonchev–Trinajstić information content (AvgIpc) is 3.13. The number of rotatable bonds is 4. The number of carbonyl (C=O) groups excluding carboxylic acids is 2. The van der Waals surface area contributed by atoms with Crippen molar-refractivity contribution in [2.24, 2.45) is 0 Å². The second kappa shape index (κ2) is 9.81. The van der Waals surface area contributed by atoms with Gasteiger partial charge in [0.25, 0.3) is 5.91 Å². The molecule has 0 radical (unpaired) electrons. The number of benzene rings is 2. The molecule has 32 heavy (non-hydrogen) atoms. The minimum absolute atomic E-state index is 0.0403. The molecule has 0 bridgehead atoms. The quantitative estimate of drug-likeness (QED) is 0.466. The van der Waals surface area contributed by atoms with Gasteiger partial charge in [0.2, 0.25) is 5.91 Å². The Hall–Kier alpha value is -2.75. The van der Waals surface area contributed by atoms with Crippen LogP contribution in [-0.2, 0) is 16.0 Å². The summed E-state index contributed by atoms with van der Waals surface area (Å²) in [5, 5.41) is 10.6. The lowest BCUT2D eigenvalue weighted by molar-refractivity contribution is -0.127. The summed E-state index contributed by atoms with van der Waals surface area (Å²) in [5.74, 6) is -0.422. The number of nitriles is 1. The molecule has 5 nitrogen and oxygen atoms in total. The summed E-state index contributed by atoms with van der Waals surface area (Å²) < 4.78 is 0. The van der Waals surface area contributed by atoms with Gasteiger partial charge in [0.15, 0.2) is 0 Å². The number of anilines is 1. The molecule has 0 aromatic heterocycles.